The number of piperidine rings is 1. The van der Waals surface area contributed by atoms with E-state index in [0.29, 0.717) is 31.5 Å². The minimum Gasteiger partial charge on any atom is -0.352 e. The first-order valence-corrected chi connectivity index (χ1v) is 9.10. The Bertz CT molecular complexity index is 805. The number of benzene rings is 2. The first-order valence-electron chi connectivity index (χ1n) is 9.10. The number of amides is 2. The maximum Gasteiger partial charge on any atom is 0.254 e. The zero-order chi connectivity index (χ0) is 19.2. The molecule has 2 atom stereocenters. The van der Waals surface area contributed by atoms with Crippen molar-refractivity contribution in [2.75, 3.05) is 13.1 Å². The molecule has 0 saturated carbocycles. The van der Waals surface area contributed by atoms with Crippen molar-refractivity contribution in [1.82, 2.24) is 10.2 Å². The summed E-state index contributed by atoms with van der Waals surface area (Å²) in [4.78, 5) is 27.3. The number of nitrogens with one attached hydrogen (secondary N) is 1. The van der Waals surface area contributed by atoms with Crippen LogP contribution in [0.5, 0.6) is 0 Å². The van der Waals surface area contributed by atoms with Crippen molar-refractivity contribution in [1.29, 1.82) is 0 Å². The molecule has 1 aliphatic heterocycles. The van der Waals surface area contributed by atoms with Crippen LogP contribution in [0, 0.1) is 11.7 Å². The minimum atomic E-state index is -0.308. The molecule has 2 aromatic carbocycles. The van der Waals surface area contributed by atoms with E-state index in [-0.39, 0.29) is 29.6 Å². The first-order chi connectivity index (χ1) is 13.1. The average Bonchev–Trinajstić information content (AvgIpc) is 2.72. The molecule has 3 rings (SSSR count). The van der Waals surface area contributed by atoms with Crippen LogP contribution in [0.4, 0.5) is 4.39 Å². The van der Waals surface area contributed by atoms with Gasteiger partial charge < -0.3 is 10.2 Å². The predicted octanol–water partition coefficient (Wildman–Crippen LogP) is 3.72. The van der Waals surface area contributed by atoms with Crippen molar-refractivity contribution >= 4 is 11.8 Å². The molecule has 1 saturated heterocycles. The van der Waals surface area contributed by atoms with Crippen LogP contribution in [0.15, 0.2) is 67.3 Å². The van der Waals surface area contributed by atoms with Crippen molar-refractivity contribution in [2.45, 2.75) is 18.9 Å². The SMILES string of the molecule is C=CCNC(=O)C1CCC(c2ccc(F)cc2)N(C(=O)c2ccccc2)C1. The molecule has 0 bridgehead atoms. The molecular formula is C22H23FN2O2. The number of halogens is 1. The number of carbonyl (C=O) groups is 2. The highest BCUT2D eigenvalue weighted by molar-refractivity contribution is 5.95. The van der Waals surface area contributed by atoms with E-state index in [1.807, 2.05) is 18.2 Å². The van der Waals surface area contributed by atoms with Crippen molar-refractivity contribution in [3.63, 3.8) is 0 Å². The summed E-state index contributed by atoms with van der Waals surface area (Å²) >= 11 is 0. The highest BCUT2D eigenvalue weighted by Crippen LogP contribution is 2.34. The first kappa shape index (κ1) is 18.8. The summed E-state index contributed by atoms with van der Waals surface area (Å²) in [5, 5.41) is 2.82. The van der Waals surface area contributed by atoms with Crippen LogP contribution < -0.4 is 5.32 Å². The van der Waals surface area contributed by atoms with Gasteiger partial charge in [-0.2, -0.15) is 0 Å². The van der Waals surface area contributed by atoms with Gasteiger partial charge in [-0.25, -0.2) is 4.39 Å². The van der Waals surface area contributed by atoms with Gasteiger partial charge in [-0.1, -0.05) is 36.4 Å². The maximum absolute atomic E-state index is 13.3. The van der Waals surface area contributed by atoms with Crippen LogP contribution >= 0.6 is 0 Å². The predicted molar refractivity (Wildman–Crippen MR) is 103 cm³/mol. The van der Waals surface area contributed by atoms with E-state index in [1.54, 1.807) is 35.2 Å². The second-order valence-electron chi connectivity index (χ2n) is 6.70. The van der Waals surface area contributed by atoms with Crippen LogP contribution in [0.3, 0.4) is 0 Å². The fourth-order valence-electron chi connectivity index (χ4n) is 3.50. The number of likely N-dealkylation sites (tertiary alicyclic amines) is 1. The zero-order valence-corrected chi connectivity index (χ0v) is 15.1. The topological polar surface area (TPSA) is 49.4 Å². The third-order valence-electron chi connectivity index (χ3n) is 4.91. The Morgan fingerprint density at radius 3 is 2.48 bits per heavy atom. The monoisotopic (exact) mass is 366 g/mol. The van der Waals surface area contributed by atoms with E-state index in [1.165, 1.54) is 12.1 Å². The molecule has 4 nitrogen and oxygen atoms in total. The number of hydrogen-bond acceptors (Lipinski definition) is 2. The third-order valence-corrected chi connectivity index (χ3v) is 4.91. The molecule has 2 unspecified atom stereocenters. The second-order valence-corrected chi connectivity index (χ2v) is 6.70. The summed E-state index contributed by atoms with van der Waals surface area (Å²) < 4.78 is 13.3. The summed E-state index contributed by atoms with van der Waals surface area (Å²) in [6.07, 6.45) is 2.95. The van der Waals surface area contributed by atoms with Gasteiger partial charge >= 0.3 is 0 Å². The van der Waals surface area contributed by atoms with Crippen LogP contribution in [0.1, 0.15) is 34.8 Å². The van der Waals surface area contributed by atoms with Crippen LogP contribution in [-0.2, 0) is 4.79 Å². The molecule has 27 heavy (non-hydrogen) atoms. The standard InChI is InChI=1S/C22H23FN2O2/c1-2-14-24-21(26)18-10-13-20(16-8-11-19(23)12-9-16)25(15-18)22(27)17-6-4-3-5-7-17/h2-9,11-12,18,20H,1,10,13-15H2,(H,24,26). The van der Waals surface area contributed by atoms with Crippen molar-refractivity contribution < 1.29 is 14.0 Å². The minimum absolute atomic E-state index is 0.0710. The summed E-state index contributed by atoms with van der Waals surface area (Å²) in [6.45, 7) is 4.35. The molecule has 5 heteroatoms. The summed E-state index contributed by atoms with van der Waals surface area (Å²) in [6, 6.07) is 15.1. The van der Waals surface area contributed by atoms with Gasteiger partial charge in [0, 0.05) is 18.7 Å². The highest BCUT2D eigenvalue weighted by atomic mass is 19.1. The fraction of sp³-hybridized carbons (Fsp3) is 0.273. The van der Waals surface area contributed by atoms with E-state index in [9.17, 15) is 14.0 Å². The quantitative estimate of drug-likeness (QED) is 0.820. The molecule has 140 valence electrons. The molecule has 1 fully saturated rings. The molecule has 1 heterocycles. The van der Waals surface area contributed by atoms with Gasteiger partial charge in [-0.15, -0.1) is 6.58 Å². The lowest BCUT2D eigenvalue weighted by atomic mass is 9.87. The molecule has 0 spiro atoms. The van der Waals surface area contributed by atoms with E-state index in [4.69, 9.17) is 0 Å². The Morgan fingerprint density at radius 1 is 1.11 bits per heavy atom. The lowest BCUT2D eigenvalue weighted by Gasteiger charge is -2.39. The van der Waals surface area contributed by atoms with Crippen LogP contribution in [0.2, 0.25) is 0 Å². The van der Waals surface area contributed by atoms with E-state index >= 15 is 0 Å². The van der Waals surface area contributed by atoms with E-state index < -0.39 is 0 Å². The Morgan fingerprint density at radius 2 is 1.81 bits per heavy atom. The van der Waals surface area contributed by atoms with E-state index in [2.05, 4.69) is 11.9 Å². The van der Waals surface area contributed by atoms with Gasteiger partial charge in [0.05, 0.1) is 12.0 Å². The smallest absolute Gasteiger partial charge is 0.254 e. The molecule has 1 N–H and O–H groups in total. The van der Waals surface area contributed by atoms with Gasteiger partial charge in [-0.05, 0) is 42.7 Å². The van der Waals surface area contributed by atoms with Crippen LogP contribution in [-0.4, -0.2) is 29.8 Å². The molecule has 2 aromatic rings. The van der Waals surface area contributed by atoms with Crippen molar-refractivity contribution in [3.8, 4) is 0 Å². The summed E-state index contributed by atoms with van der Waals surface area (Å²) in [5.74, 6) is -0.768. The van der Waals surface area contributed by atoms with Gasteiger partial charge in [0.1, 0.15) is 5.82 Å². The Kier molecular flexibility index (Phi) is 6.01. The van der Waals surface area contributed by atoms with E-state index in [0.717, 1.165) is 5.56 Å². The molecule has 0 radical (unpaired) electrons. The highest BCUT2D eigenvalue weighted by Gasteiger charge is 2.35. The Labute approximate surface area is 158 Å². The third kappa shape index (κ3) is 4.42. The van der Waals surface area contributed by atoms with Crippen molar-refractivity contribution in [2.24, 2.45) is 5.92 Å². The Balaban J connectivity index is 1.86. The largest absolute Gasteiger partial charge is 0.352 e. The van der Waals surface area contributed by atoms with Gasteiger partial charge in [0.15, 0.2) is 0 Å². The zero-order valence-electron chi connectivity index (χ0n) is 15.1. The molecule has 1 aliphatic rings. The molecular weight excluding hydrogens is 343 g/mol. The number of carbonyl (C=O) groups excluding carboxylic acids is 2. The van der Waals surface area contributed by atoms with Crippen molar-refractivity contribution in [3.05, 3.63) is 84.2 Å². The summed E-state index contributed by atoms with van der Waals surface area (Å²) in [7, 11) is 0. The van der Waals surface area contributed by atoms with Gasteiger partial charge in [0.2, 0.25) is 5.91 Å². The number of nitrogens with zero attached hydrogens (tertiary/aromatic N) is 1. The Hall–Kier alpha value is -2.95. The lowest BCUT2D eigenvalue weighted by Crippen LogP contribution is -2.47. The number of hydrogen-bond donors (Lipinski definition) is 1. The molecule has 0 aliphatic carbocycles. The summed E-state index contributed by atoms with van der Waals surface area (Å²) in [5.41, 5.74) is 1.46. The lowest BCUT2D eigenvalue weighted by molar-refractivity contribution is -0.126. The second kappa shape index (κ2) is 8.62. The maximum atomic E-state index is 13.3. The normalized spacial score (nSPS) is 19.4. The fourth-order valence-corrected chi connectivity index (χ4v) is 3.50. The molecule has 0 aromatic heterocycles. The van der Waals surface area contributed by atoms with Gasteiger partial charge in [-0.3, -0.25) is 9.59 Å². The number of rotatable bonds is 5. The average molecular weight is 366 g/mol. The van der Waals surface area contributed by atoms with Gasteiger partial charge in [0.25, 0.3) is 5.91 Å². The van der Waals surface area contributed by atoms with Crippen LogP contribution in [0.25, 0.3) is 0 Å². The molecule has 2 amide bonds.